The van der Waals surface area contributed by atoms with Crippen molar-refractivity contribution in [2.75, 3.05) is 6.61 Å². The minimum atomic E-state index is -0.490. The molecule has 0 aliphatic rings. The Labute approximate surface area is 157 Å². The second-order valence-electron chi connectivity index (χ2n) is 5.76. The Morgan fingerprint density at radius 2 is 1.92 bits per heavy atom. The fourth-order valence-electron chi connectivity index (χ4n) is 2.26. The highest BCUT2D eigenvalue weighted by Gasteiger charge is 2.14. The maximum absolute atomic E-state index is 11.8. The van der Waals surface area contributed by atoms with Crippen molar-refractivity contribution in [1.82, 2.24) is 15.5 Å². The first-order chi connectivity index (χ1) is 12.5. The van der Waals surface area contributed by atoms with Crippen molar-refractivity contribution in [2.24, 2.45) is 0 Å². The van der Waals surface area contributed by atoms with Crippen LogP contribution in [0.5, 0.6) is 0 Å². The number of halogens is 1. The number of rotatable bonds is 9. The van der Waals surface area contributed by atoms with Gasteiger partial charge in [-0.05, 0) is 37.1 Å². The van der Waals surface area contributed by atoms with Gasteiger partial charge in [0.15, 0.2) is 6.61 Å². The van der Waals surface area contributed by atoms with Crippen LogP contribution in [-0.2, 0) is 20.7 Å². The van der Waals surface area contributed by atoms with E-state index < -0.39 is 5.97 Å². The molecule has 2 rings (SSSR count). The molecule has 1 aromatic carbocycles. The third-order valence-electron chi connectivity index (χ3n) is 3.83. The normalized spacial score (nSPS) is 10.8. The first-order valence-corrected chi connectivity index (χ1v) is 8.93. The molecule has 1 amide bonds. The predicted molar refractivity (Wildman–Crippen MR) is 96.5 cm³/mol. The molecule has 0 bridgehead atoms. The molecule has 0 saturated heterocycles. The molecular formula is C18H22ClN3O4. The minimum absolute atomic E-state index is 0.0561. The number of amides is 1. The molecule has 0 aliphatic heterocycles. The van der Waals surface area contributed by atoms with Gasteiger partial charge in [0.2, 0.25) is 11.7 Å². The van der Waals surface area contributed by atoms with Gasteiger partial charge in [0.25, 0.3) is 5.91 Å². The highest BCUT2D eigenvalue weighted by atomic mass is 35.5. The molecule has 0 unspecified atom stereocenters. The summed E-state index contributed by atoms with van der Waals surface area (Å²) in [4.78, 5) is 27.7. The number of nitrogens with zero attached hydrogens (tertiary/aromatic N) is 2. The standard InChI is InChI=1S/C18H22ClN3O4/c1-3-14(4-2)20-15(23)11-25-17(24)10-9-16-21-18(22-26-16)12-5-7-13(19)8-6-12/h5-8,14H,3-4,9-11H2,1-2H3,(H,20,23). The van der Waals surface area contributed by atoms with Gasteiger partial charge in [-0.25, -0.2) is 0 Å². The van der Waals surface area contributed by atoms with Gasteiger partial charge in [-0.2, -0.15) is 4.98 Å². The van der Waals surface area contributed by atoms with Crippen LogP contribution in [0.2, 0.25) is 5.02 Å². The first-order valence-electron chi connectivity index (χ1n) is 8.55. The van der Waals surface area contributed by atoms with E-state index >= 15 is 0 Å². The zero-order valence-electron chi connectivity index (χ0n) is 14.8. The van der Waals surface area contributed by atoms with Crippen LogP contribution >= 0.6 is 11.6 Å². The fraction of sp³-hybridized carbons (Fsp3) is 0.444. The molecule has 0 atom stereocenters. The van der Waals surface area contributed by atoms with Gasteiger partial charge in [-0.3, -0.25) is 9.59 Å². The topological polar surface area (TPSA) is 94.3 Å². The Kier molecular flexibility index (Phi) is 7.59. The number of aromatic nitrogens is 2. The zero-order valence-corrected chi connectivity index (χ0v) is 15.6. The quantitative estimate of drug-likeness (QED) is 0.672. The van der Waals surface area contributed by atoms with Crippen LogP contribution in [0.1, 0.15) is 39.0 Å². The van der Waals surface area contributed by atoms with Crippen LogP contribution < -0.4 is 5.32 Å². The Bertz CT molecular complexity index is 726. The zero-order chi connectivity index (χ0) is 18.9. The highest BCUT2D eigenvalue weighted by Crippen LogP contribution is 2.19. The molecule has 2 aromatic rings. The van der Waals surface area contributed by atoms with Crippen LogP contribution in [0.15, 0.2) is 28.8 Å². The number of nitrogens with one attached hydrogen (secondary N) is 1. The molecule has 140 valence electrons. The third kappa shape index (κ3) is 6.15. The van der Waals surface area contributed by atoms with Crippen LogP contribution in [0.4, 0.5) is 0 Å². The Balaban J connectivity index is 1.76. The fourth-order valence-corrected chi connectivity index (χ4v) is 2.39. The smallest absolute Gasteiger partial charge is 0.306 e. The summed E-state index contributed by atoms with van der Waals surface area (Å²) in [5.41, 5.74) is 0.769. The Morgan fingerprint density at radius 1 is 1.23 bits per heavy atom. The highest BCUT2D eigenvalue weighted by molar-refractivity contribution is 6.30. The maximum Gasteiger partial charge on any atom is 0.306 e. The number of hydrogen-bond donors (Lipinski definition) is 1. The molecule has 0 radical (unpaired) electrons. The molecule has 1 aromatic heterocycles. The van der Waals surface area contributed by atoms with E-state index in [0.29, 0.717) is 16.7 Å². The number of aryl methyl sites for hydroxylation is 1. The molecule has 8 heteroatoms. The summed E-state index contributed by atoms with van der Waals surface area (Å²) < 4.78 is 10.1. The SMILES string of the molecule is CCC(CC)NC(=O)COC(=O)CCc1nc(-c2ccc(Cl)cc2)no1. The van der Waals surface area contributed by atoms with E-state index in [2.05, 4.69) is 15.5 Å². The van der Waals surface area contributed by atoms with Gasteiger partial charge in [0.05, 0.1) is 6.42 Å². The molecule has 26 heavy (non-hydrogen) atoms. The predicted octanol–water partition coefficient (Wildman–Crippen LogP) is 3.17. The summed E-state index contributed by atoms with van der Waals surface area (Å²) in [6.45, 7) is 3.70. The number of ether oxygens (including phenoxy) is 1. The molecule has 1 heterocycles. The summed E-state index contributed by atoms with van der Waals surface area (Å²) in [6.07, 6.45) is 1.97. The Hall–Kier alpha value is -2.41. The van der Waals surface area contributed by atoms with E-state index in [-0.39, 0.29) is 31.4 Å². The van der Waals surface area contributed by atoms with E-state index in [1.165, 1.54) is 0 Å². The minimum Gasteiger partial charge on any atom is -0.456 e. The maximum atomic E-state index is 11.8. The van der Waals surface area contributed by atoms with E-state index in [1.54, 1.807) is 24.3 Å². The van der Waals surface area contributed by atoms with E-state index in [1.807, 2.05) is 13.8 Å². The van der Waals surface area contributed by atoms with E-state index in [4.69, 9.17) is 20.9 Å². The lowest BCUT2D eigenvalue weighted by atomic mass is 10.2. The molecule has 0 saturated carbocycles. The molecule has 7 nitrogen and oxygen atoms in total. The summed E-state index contributed by atoms with van der Waals surface area (Å²) in [6, 6.07) is 7.13. The van der Waals surface area contributed by atoms with Crippen LogP contribution in [0, 0.1) is 0 Å². The van der Waals surface area contributed by atoms with Crippen molar-refractivity contribution in [3.63, 3.8) is 0 Å². The molecule has 0 spiro atoms. The average molecular weight is 380 g/mol. The lowest BCUT2D eigenvalue weighted by molar-refractivity contribution is -0.148. The Morgan fingerprint density at radius 3 is 2.58 bits per heavy atom. The van der Waals surface area contributed by atoms with Gasteiger partial charge in [0.1, 0.15) is 0 Å². The van der Waals surface area contributed by atoms with Gasteiger partial charge >= 0.3 is 5.97 Å². The largest absolute Gasteiger partial charge is 0.456 e. The van der Waals surface area contributed by atoms with Gasteiger partial charge in [-0.1, -0.05) is 30.6 Å². The average Bonchev–Trinajstić information content (AvgIpc) is 3.12. The third-order valence-corrected chi connectivity index (χ3v) is 4.08. The summed E-state index contributed by atoms with van der Waals surface area (Å²) in [5.74, 6) is -0.0335. The van der Waals surface area contributed by atoms with Gasteiger partial charge in [0, 0.05) is 23.0 Å². The lowest BCUT2D eigenvalue weighted by Crippen LogP contribution is -2.36. The monoisotopic (exact) mass is 379 g/mol. The summed E-state index contributed by atoms with van der Waals surface area (Å²) in [5, 5.41) is 7.30. The second kappa shape index (κ2) is 9.91. The van der Waals surface area contributed by atoms with Gasteiger partial charge < -0.3 is 14.6 Å². The van der Waals surface area contributed by atoms with Crippen molar-refractivity contribution >= 4 is 23.5 Å². The molecular weight excluding hydrogens is 358 g/mol. The molecule has 1 N–H and O–H groups in total. The number of hydrogen-bond acceptors (Lipinski definition) is 6. The van der Waals surface area contributed by atoms with Crippen molar-refractivity contribution in [2.45, 2.75) is 45.6 Å². The summed E-state index contributed by atoms with van der Waals surface area (Å²) in [7, 11) is 0. The van der Waals surface area contributed by atoms with Gasteiger partial charge in [-0.15, -0.1) is 0 Å². The summed E-state index contributed by atoms with van der Waals surface area (Å²) >= 11 is 5.84. The molecule has 0 aliphatic carbocycles. The van der Waals surface area contributed by atoms with Crippen molar-refractivity contribution in [3.8, 4) is 11.4 Å². The second-order valence-corrected chi connectivity index (χ2v) is 6.20. The van der Waals surface area contributed by atoms with Crippen LogP contribution in [0.25, 0.3) is 11.4 Å². The van der Waals surface area contributed by atoms with Crippen molar-refractivity contribution in [1.29, 1.82) is 0 Å². The number of carbonyl (C=O) groups excluding carboxylic acids is 2. The van der Waals surface area contributed by atoms with E-state index in [9.17, 15) is 9.59 Å². The number of benzene rings is 1. The first kappa shape index (κ1) is 19.9. The lowest BCUT2D eigenvalue weighted by Gasteiger charge is -2.14. The number of esters is 1. The van der Waals surface area contributed by atoms with Crippen LogP contribution in [0.3, 0.4) is 0 Å². The van der Waals surface area contributed by atoms with Crippen molar-refractivity contribution < 1.29 is 18.8 Å². The molecule has 0 fully saturated rings. The van der Waals surface area contributed by atoms with E-state index in [0.717, 1.165) is 18.4 Å². The van der Waals surface area contributed by atoms with Crippen molar-refractivity contribution in [3.05, 3.63) is 35.2 Å². The van der Waals surface area contributed by atoms with Crippen LogP contribution in [-0.4, -0.2) is 34.7 Å². The number of carbonyl (C=O) groups is 2.